The van der Waals surface area contributed by atoms with Gasteiger partial charge in [-0.15, -0.1) is 3.89 Å². The fourth-order valence-electron chi connectivity index (χ4n) is 0.951. The van der Waals surface area contributed by atoms with E-state index in [1.807, 2.05) is 0 Å². The van der Waals surface area contributed by atoms with E-state index in [4.69, 9.17) is 0 Å². The van der Waals surface area contributed by atoms with Crippen molar-refractivity contribution < 1.29 is 12.3 Å². The van der Waals surface area contributed by atoms with Crippen LogP contribution in [0, 0.1) is 5.92 Å². The molecule has 1 aliphatic rings. The van der Waals surface area contributed by atoms with Crippen LogP contribution in [0.15, 0.2) is 0 Å². The van der Waals surface area contributed by atoms with E-state index in [9.17, 15) is 12.3 Å². The smallest absolute Gasteiger partial charge is 0.195 e. The van der Waals surface area contributed by atoms with Gasteiger partial charge in [0, 0.05) is 0 Å². The number of hydrogen-bond donors (Lipinski definition) is 0. The predicted octanol–water partition coefficient (Wildman–Crippen LogP) is 1.48. The van der Waals surface area contributed by atoms with Crippen LogP contribution in [0.1, 0.15) is 25.7 Å². The molecule has 0 radical (unpaired) electrons. The summed E-state index contributed by atoms with van der Waals surface area (Å²) in [6, 6.07) is 0. The lowest BCUT2D eigenvalue weighted by Gasteiger charge is -1.92. The molecule has 0 aliphatic heterocycles. The lowest BCUT2D eigenvalue weighted by molar-refractivity contribution is 0.545. The maximum atomic E-state index is 11.8. The Morgan fingerprint density at radius 2 is 2.00 bits per heavy atom. The number of rotatable bonds is 4. The molecule has 1 fully saturated rings. The van der Waals surface area contributed by atoms with E-state index in [-0.39, 0.29) is 5.75 Å². The van der Waals surface area contributed by atoms with Crippen LogP contribution in [0.5, 0.6) is 0 Å². The largest absolute Gasteiger partial charge is 0.302 e. The van der Waals surface area contributed by atoms with E-state index in [2.05, 4.69) is 0 Å². The minimum Gasteiger partial charge on any atom is -0.195 e. The minimum absolute atomic E-state index is 0.288. The van der Waals surface area contributed by atoms with Crippen LogP contribution in [0.4, 0.5) is 3.89 Å². The molecule has 0 spiro atoms. The summed E-state index contributed by atoms with van der Waals surface area (Å²) in [5.41, 5.74) is 0. The molecule has 1 saturated carbocycles. The molecule has 0 aromatic carbocycles. The minimum atomic E-state index is -4.19. The maximum absolute atomic E-state index is 11.8. The second-order valence-electron chi connectivity index (χ2n) is 2.83. The molecule has 0 unspecified atom stereocenters. The lowest BCUT2D eigenvalue weighted by Crippen LogP contribution is -1.98. The molecular formula is C6H11FO2S. The first kappa shape index (κ1) is 7.98. The van der Waals surface area contributed by atoms with Crippen molar-refractivity contribution in [1.29, 1.82) is 0 Å². The van der Waals surface area contributed by atoms with Crippen LogP contribution in [-0.2, 0) is 10.2 Å². The first-order valence-electron chi connectivity index (χ1n) is 3.50. The quantitative estimate of drug-likeness (QED) is 0.593. The monoisotopic (exact) mass is 166 g/mol. The highest BCUT2D eigenvalue weighted by atomic mass is 32.3. The summed E-state index contributed by atoms with van der Waals surface area (Å²) in [4.78, 5) is 0. The van der Waals surface area contributed by atoms with Crippen molar-refractivity contribution in [2.45, 2.75) is 25.7 Å². The summed E-state index contributed by atoms with van der Waals surface area (Å²) in [5, 5.41) is 0. The molecule has 0 heterocycles. The molecule has 0 bridgehead atoms. The van der Waals surface area contributed by atoms with Gasteiger partial charge in [-0.25, -0.2) is 0 Å². The average molecular weight is 166 g/mol. The van der Waals surface area contributed by atoms with Crippen LogP contribution in [0.3, 0.4) is 0 Å². The summed E-state index contributed by atoms with van der Waals surface area (Å²) in [7, 11) is -4.19. The Kier molecular flexibility index (Phi) is 2.28. The number of halogens is 1. The Labute approximate surface area is 60.6 Å². The molecular weight excluding hydrogens is 155 g/mol. The van der Waals surface area contributed by atoms with Gasteiger partial charge in [0.15, 0.2) is 0 Å². The summed E-state index contributed by atoms with van der Waals surface area (Å²) < 4.78 is 31.8. The van der Waals surface area contributed by atoms with Crippen molar-refractivity contribution >= 4 is 10.2 Å². The standard InChI is InChI=1S/C6H11FO2S/c7-10(8,9)5-1-2-6-3-4-6/h6H,1-5H2. The SMILES string of the molecule is O=S(=O)(F)CCCC1CC1. The highest BCUT2D eigenvalue weighted by molar-refractivity contribution is 7.86. The van der Waals surface area contributed by atoms with Gasteiger partial charge in [0.25, 0.3) is 0 Å². The van der Waals surface area contributed by atoms with Gasteiger partial charge in [0.1, 0.15) is 0 Å². The Bertz CT molecular complexity index is 194. The molecule has 4 heteroatoms. The molecule has 0 N–H and O–H groups in total. The third-order valence-electron chi connectivity index (χ3n) is 1.70. The summed E-state index contributed by atoms with van der Waals surface area (Å²) >= 11 is 0. The van der Waals surface area contributed by atoms with Gasteiger partial charge in [-0.2, -0.15) is 8.42 Å². The third kappa shape index (κ3) is 3.82. The summed E-state index contributed by atoms with van der Waals surface area (Å²) in [6.07, 6.45) is 3.77. The normalized spacial score (nSPS) is 19.3. The van der Waals surface area contributed by atoms with Gasteiger partial charge in [-0.05, 0) is 18.8 Å². The second-order valence-corrected chi connectivity index (χ2v) is 4.31. The van der Waals surface area contributed by atoms with Gasteiger partial charge in [0.2, 0.25) is 0 Å². The summed E-state index contributed by atoms with van der Waals surface area (Å²) in [5.74, 6) is 0.408. The van der Waals surface area contributed by atoms with Crippen molar-refractivity contribution in [2.75, 3.05) is 5.75 Å². The van der Waals surface area contributed by atoms with Crippen molar-refractivity contribution in [3.05, 3.63) is 0 Å². The first-order chi connectivity index (χ1) is 4.58. The molecule has 0 saturated heterocycles. The molecule has 0 amide bonds. The molecule has 10 heavy (non-hydrogen) atoms. The molecule has 0 aromatic rings. The topological polar surface area (TPSA) is 34.1 Å². The van der Waals surface area contributed by atoms with Crippen LogP contribution in [0.25, 0.3) is 0 Å². The van der Waals surface area contributed by atoms with E-state index in [1.165, 1.54) is 12.8 Å². The summed E-state index contributed by atoms with van der Waals surface area (Å²) in [6.45, 7) is 0. The third-order valence-corrected chi connectivity index (χ3v) is 2.47. The molecule has 60 valence electrons. The highest BCUT2D eigenvalue weighted by Crippen LogP contribution is 2.33. The zero-order chi connectivity index (χ0) is 7.61. The fraction of sp³-hybridized carbons (Fsp3) is 1.00. The Hall–Kier alpha value is -0.120. The van der Waals surface area contributed by atoms with Gasteiger partial charge >= 0.3 is 10.2 Å². The van der Waals surface area contributed by atoms with E-state index in [0.717, 1.165) is 6.42 Å². The van der Waals surface area contributed by atoms with Gasteiger partial charge in [-0.3, -0.25) is 0 Å². The molecule has 1 aliphatic carbocycles. The molecule has 0 aromatic heterocycles. The van der Waals surface area contributed by atoms with Gasteiger partial charge in [-0.1, -0.05) is 12.8 Å². The van der Waals surface area contributed by atoms with Crippen LogP contribution in [-0.4, -0.2) is 14.2 Å². The van der Waals surface area contributed by atoms with Crippen molar-refractivity contribution in [1.82, 2.24) is 0 Å². The average Bonchev–Trinajstić information content (AvgIpc) is 2.45. The van der Waals surface area contributed by atoms with E-state index >= 15 is 0 Å². The highest BCUT2D eigenvalue weighted by Gasteiger charge is 2.21. The zero-order valence-electron chi connectivity index (χ0n) is 5.72. The molecule has 2 nitrogen and oxygen atoms in total. The van der Waals surface area contributed by atoms with Crippen LogP contribution in [0.2, 0.25) is 0 Å². The van der Waals surface area contributed by atoms with Crippen molar-refractivity contribution in [2.24, 2.45) is 5.92 Å². The maximum Gasteiger partial charge on any atom is 0.302 e. The number of hydrogen-bond acceptors (Lipinski definition) is 2. The zero-order valence-corrected chi connectivity index (χ0v) is 6.53. The Balaban J connectivity index is 2.04. The van der Waals surface area contributed by atoms with Crippen molar-refractivity contribution in [3.8, 4) is 0 Å². The van der Waals surface area contributed by atoms with Crippen LogP contribution >= 0.6 is 0 Å². The van der Waals surface area contributed by atoms with E-state index in [1.54, 1.807) is 0 Å². The Morgan fingerprint density at radius 1 is 1.40 bits per heavy atom. The fourth-order valence-corrected chi connectivity index (χ4v) is 1.46. The first-order valence-corrected chi connectivity index (χ1v) is 5.05. The molecule has 1 rings (SSSR count). The van der Waals surface area contributed by atoms with Crippen LogP contribution < -0.4 is 0 Å². The predicted molar refractivity (Wildman–Crippen MR) is 36.9 cm³/mol. The Morgan fingerprint density at radius 3 is 2.40 bits per heavy atom. The van der Waals surface area contributed by atoms with Gasteiger partial charge in [0.05, 0.1) is 5.75 Å². The van der Waals surface area contributed by atoms with E-state index < -0.39 is 10.2 Å². The van der Waals surface area contributed by atoms with Crippen molar-refractivity contribution in [3.63, 3.8) is 0 Å². The van der Waals surface area contributed by atoms with Gasteiger partial charge < -0.3 is 0 Å². The second kappa shape index (κ2) is 2.86. The molecule has 0 atom stereocenters. The van der Waals surface area contributed by atoms with E-state index in [0.29, 0.717) is 12.3 Å². The lowest BCUT2D eigenvalue weighted by atomic mass is 10.2.